The van der Waals surface area contributed by atoms with Gasteiger partial charge in [0.05, 0.1) is 20.3 Å². The van der Waals surface area contributed by atoms with Crippen molar-refractivity contribution in [3.63, 3.8) is 0 Å². The SMILES string of the molecule is CCOC(=O)C(C[NH+](C)Cc1cccc(F)c1)(NC(C)=O)C(=O)OCC. The number of likely N-dealkylation sites (N-methyl/N-ethyl adjacent to an activating group) is 1. The predicted molar refractivity (Wildman–Crippen MR) is 91.7 cm³/mol. The summed E-state index contributed by atoms with van der Waals surface area (Å²) in [4.78, 5) is 37.5. The number of carbonyl (C=O) groups is 3. The topological polar surface area (TPSA) is 86.1 Å². The van der Waals surface area contributed by atoms with E-state index in [1.165, 1.54) is 19.1 Å². The average Bonchev–Trinajstić information content (AvgIpc) is 2.54. The Morgan fingerprint density at radius 3 is 2.19 bits per heavy atom. The molecule has 0 spiro atoms. The highest BCUT2D eigenvalue weighted by Crippen LogP contribution is 2.10. The first-order valence-corrected chi connectivity index (χ1v) is 8.44. The van der Waals surface area contributed by atoms with Gasteiger partial charge in [-0.3, -0.25) is 4.79 Å². The lowest BCUT2D eigenvalue weighted by molar-refractivity contribution is -0.895. The van der Waals surface area contributed by atoms with Gasteiger partial charge in [-0.05, 0) is 26.0 Å². The van der Waals surface area contributed by atoms with Crippen LogP contribution in [0.15, 0.2) is 24.3 Å². The number of hydrogen-bond acceptors (Lipinski definition) is 5. The van der Waals surface area contributed by atoms with Crippen LogP contribution in [-0.4, -0.2) is 50.2 Å². The molecule has 1 rings (SSSR count). The molecule has 1 amide bonds. The Morgan fingerprint density at radius 1 is 1.15 bits per heavy atom. The summed E-state index contributed by atoms with van der Waals surface area (Å²) in [6, 6.07) is 6.02. The Hall–Kier alpha value is -2.48. The number of carbonyl (C=O) groups excluding carboxylic acids is 3. The van der Waals surface area contributed by atoms with E-state index < -0.39 is 23.4 Å². The third kappa shape index (κ3) is 5.80. The molecule has 144 valence electrons. The van der Waals surface area contributed by atoms with E-state index in [1.807, 2.05) is 0 Å². The zero-order valence-electron chi connectivity index (χ0n) is 15.6. The third-order valence-corrected chi connectivity index (χ3v) is 3.60. The lowest BCUT2D eigenvalue weighted by atomic mass is 9.98. The molecule has 0 aliphatic rings. The summed E-state index contributed by atoms with van der Waals surface area (Å²) in [5.41, 5.74) is -1.28. The van der Waals surface area contributed by atoms with Gasteiger partial charge in [-0.15, -0.1) is 0 Å². The highest BCUT2D eigenvalue weighted by atomic mass is 19.1. The van der Waals surface area contributed by atoms with Crippen molar-refractivity contribution in [2.24, 2.45) is 0 Å². The van der Waals surface area contributed by atoms with Crippen molar-refractivity contribution in [3.05, 3.63) is 35.6 Å². The lowest BCUT2D eigenvalue weighted by Crippen LogP contribution is -3.11. The van der Waals surface area contributed by atoms with Crippen molar-refractivity contribution in [2.75, 3.05) is 26.8 Å². The molecule has 0 saturated carbocycles. The second kappa shape index (κ2) is 9.86. The van der Waals surface area contributed by atoms with E-state index in [1.54, 1.807) is 33.0 Å². The predicted octanol–water partition coefficient (Wildman–Crippen LogP) is -0.158. The summed E-state index contributed by atoms with van der Waals surface area (Å²) in [6.45, 7) is 4.72. The monoisotopic (exact) mass is 369 g/mol. The van der Waals surface area contributed by atoms with E-state index in [9.17, 15) is 18.8 Å². The molecule has 0 aromatic heterocycles. The Bertz CT molecular complexity index is 632. The highest BCUT2D eigenvalue weighted by molar-refractivity contribution is 6.07. The van der Waals surface area contributed by atoms with Crippen LogP contribution in [0.1, 0.15) is 26.3 Å². The minimum absolute atomic E-state index is 0.0442. The molecule has 0 aliphatic carbocycles. The van der Waals surface area contributed by atoms with Gasteiger partial charge in [0.25, 0.3) is 5.54 Å². The number of esters is 2. The van der Waals surface area contributed by atoms with Gasteiger partial charge in [-0.25, -0.2) is 14.0 Å². The molecule has 1 aromatic carbocycles. The fourth-order valence-electron chi connectivity index (χ4n) is 2.69. The molecule has 2 N–H and O–H groups in total. The van der Waals surface area contributed by atoms with Gasteiger partial charge < -0.3 is 19.7 Å². The Kier molecular flexibility index (Phi) is 8.18. The quantitative estimate of drug-likeness (QED) is 0.467. The molecule has 0 saturated heterocycles. The molecule has 1 aromatic rings. The van der Waals surface area contributed by atoms with Gasteiger partial charge in [0.15, 0.2) is 0 Å². The first kappa shape index (κ1) is 21.6. The van der Waals surface area contributed by atoms with Crippen LogP contribution < -0.4 is 10.2 Å². The van der Waals surface area contributed by atoms with E-state index in [-0.39, 0.29) is 25.6 Å². The standard InChI is InChI=1S/C18H25FN2O5/c1-5-25-16(23)18(20-13(3)22,17(24)26-6-2)12-21(4)11-14-8-7-9-15(19)10-14/h7-10H,5-6,11-12H2,1-4H3,(H,20,22)/p+1. The van der Waals surface area contributed by atoms with Gasteiger partial charge in [-0.1, -0.05) is 12.1 Å². The van der Waals surface area contributed by atoms with E-state index in [0.29, 0.717) is 17.0 Å². The van der Waals surface area contributed by atoms with Crippen molar-refractivity contribution >= 4 is 17.8 Å². The van der Waals surface area contributed by atoms with E-state index in [2.05, 4.69) is 5.32 Å². The largest absolute Gasteiger partial charge is 0.464 e. The lowest BCUT2D eigenvalue weighted by Gasteiger charge is -2.31. The number of halogens is 1. The minimum Gasteiger partial charge on any atom is -0.464 e. The molecule has 0 aliphatic heterocycles. The molecule has 1 unspecified atom stereocenters. The molecule has 0 radical (unpaired) electrons. The average molecular weight is 369 g/mol. The molecule has 26 heavy (non-hydrogen) atoms. The van der Waals surface area contributed by atoms with Crippen LogP contribution in [0.3, 0.4) is 0 Å². The maximum atomic E-state index is 13.4. The summed E-state index contributed by atoms with van der Waals surface area (Å²) in [6.07, 6.45) is 0. The molecule has 1 atom stereocenters. The number of benzene rings is 1. The zero-order valence-corrected chi connectivity index (χ0v) is 15.6. The van der Waals surface area contributed by atoms with Crippen LogP contribution in [0, 0.1) is 5.82 Å². The van der Waals surface area contributed by atoms with Gasteiger partial charge >= 0.3 is 11.9 Å². The van der Waals surface area contributed by atoms with Crippen LogP contribution in [-0.2, 0) is 30.4 Å². The molecule has 0 heterocycles. The Labute approximate surface area is 152 Å². The van der Waals surface area contributed by atoms with Crippen LogP contribution in [0.4, 0.5) is 4.39 Å². The second-order valence-corrected chi connectivity index (χ2v) is 5.97. The maximum Gasteiger partial charge on any atom is 0.349 e. The summed E-state index contributed by atoms with van der Waals surface area (Å²) in [7, 11) is 1.72. The van der Waals surface area contributed by atoms with Gasteiger partial charge in [0, 0.05) is 12.5 Å². The Morgan fingerprint density at radius 2 is 1.73 bits per heavy atom. The number of rotatable bonds is 9. The second-order valence-electron chi connectivity index (χ2n) is 5.97. The van der Waals surface area contributed by atoms with E-state index >= 15 is 0 Å². The van der Waals surface area contributed by atoms with Crippen molar-refractivity contribution < 1.29 is 33.1 Å². The summed E-state index contributed by atoms with van der Waals surface area (Å²) >= 11 is 0. The molecule has 8 heteroatoms. The number of ether oxygens (including phenoxy) is 2. The van der Waals surface area contributed by atoms with Crippen LogP contribution >= 0.6 is 0 Å². The van der Waals surface area contributed by atoms with Gasteiger partial charge in [0.2, 0.25) is 5.91 Å². The van der Waals surface area contributed by atoms with Crippen molar-refractivity contribution in [1.82, 2.24) is 5.32 Å². The number of quaternary nitrogens is 1. The highest BCUT2D eigenvalue weighted by Gasteiger charge is 2.53. The summed E-state index contributed by atoms with van der Waals surface area (Å²) < 4.78 is 23.4. The number of hydrogen-bond donors (Lipinski definition) is 2. The molecular weight excluding hydrogens is 343 g/mol. The molecule has 0 bridgehead atoms. The fraction of sp³-hybridized carbons (Fsp3) is 0.500. The van der Waals surface area contributed by atoms with Gasteiger partial charge in [0.1, 0.15) is 18.9 Å². The first-order chi connectivity index (χ1) is 12.2. The Balaban J connectivity index is 3.13. The third-order valence-electron chi connectivity index (χ3n) is 3.60. The van der Waals surface area contributed by atoms with Gasteiger partial charge in [-0.2, -0.15) is 0 Å². The molecule has 7 nitrogen and oxygen atoms in total. The minimum atomic E-state index is -1.96. The smallest absolute Gasteiger partial charge is 0.349 e. The fourth-order valence-corrected chi connectivity index (χ4v) is 2.69. The maximum absolute atomic E-state index is 13.4. The zero-order chi connectivity index (χ0) is 19.7. The van der Waals surface area contributed by atoms with E-state index in [0.717, 1.165) is 0 Å². The number of amides is 1. The molecule has 0 fully saturated rings. The molecular formula is C18H26FN2O5+. The van der Waals surface area contributed by atoms with Crippen LogP contribution in [0.2, 0.25) is 0 Å². The summed E-state index contributed by atoms with van der Waals surface area (Å²) in [5, 5.41) is 2.41. The van der Waals surface area contributed by atoms with E-state index in [4.69, 9.17) is 9.47 Å². The van der Waals surface area contributed by atoms with Crippen molar-refractivity contribution in [2.45, 2.75) is 32.9 Å². The van der Waals surface area contributed by atoms with Crippen molar-refractivity contribution in [3.8, 4) is 0 Å². The van der Waals surface area contributed by atoms with Crippen molar-refractivity contribution in [1.29, 1.82) is 0 Å². The number of nitrogens with one attached hydrogen (secondary N) is 2. The normalized spacial score (nSPS) is 12.2. The van der Waals surface area contributed by atoms with Crippen LogP contribution in [0.5, 0.6) is 0 Å². The van der Waals surface area contributed by atoms with Crippen LogP contribution in [0.25, 0.3) is 0 Å². The first-order valence-electron chi connectivity index (χ1n) is 8.44. The summed E-state index contributed by atoms with van der Waals surface area (Å²) in [5.74, 6) is -2.71.